The maximum atomic E-state index is 13.3. The van der Waals surface area contributed by atoms with Crippen molar-refractivity contribution in [3.63, 3.8) is 0 Å². The van der Waals surface area contributed by atoms with E-state index in [4.69, 9.17) is 5.73 Å². The standard InChI is InChI=1S/C13H17F2N3O.ClH/c14-9-1-2-11(15)12(7-9)17-13(19)8-18-5-3-10(16)4-6-18;/h1-2,7,10H,3-6,8,16H2,(H,17,19);1H. The van der Waals surface area contributed by atoms with Crippen molar-refractivity contribution in [3.05, 3.63) is 29.8 Å². The van der Waals surface area contributed by atoms with Crippen LogP contribution in [0.5, 0.6) is 0 Å². The van der Waals surface area contributed by atoms with Crippen LogP contribution in [0.25, 0.3) is 0 Å². The van der Waals surface area contributed by atoms with Crippen LogP contribution in [-0.4, -0.2) is 36.5 Å². The third-order valence-electron chi connectivity index (χ3n) is 3.20. The van der Waals surface area contributed by atoms with Gasteiger partial charge in [-0.3, -0.25) is 9.69 Å². The highest BCUT2D eigenvalue weighted by molar-refractivity contribution is 5.92. The minimum Gasteiger partial charge on any atom is -0.328 e. The molecule has 0 aromatic heterocycles. The Morgan fingerprint density at radius 2 is 2.00 bits per heavy atom. The number of halogens is 3. The van der Waals surface area contributed by atoms with Gasteiger partial charge in [-0.1, -0.05) is 0 Å². The Morgan fingerprint density at radius 1 is 1.35 bits per heavy atom. The number of carbonyl (C=O) groups excluding carboxylic acids is 1. The van der Waals surface area contributed by atoms with Crippen molar-refractivity contribution in [2.75, 3.05) is 25.0 Å². The number of rotatable bonds is 3. The van der Waals surface area contributed by atoms with E-state index < -0.39 is 11.6 Å². The summed E-state index contributed by atoms with van der Waals surface area (Å²) in [7, 11) is 0. The minimum atomic E-state index is -0.643. The summed E-state index contributed by atoms with van der Waals surface area (Å²) in [5.74, 6) is -1.57. The zero-order chi connectivity index (χ0) is 13.8. The number of nitrogens with zero attached hydrogens (tertiary/aromatic N) is 1. The van der Waals surface area contributed by atoms with Crippen LogP contribution in [0.1, 0.15) is 12.8 Å². The Morgan fingerprint density at radius 3 is 2.65 bits per heavy atom. The molecule has 0 saturated carbocycles. The molecule has 1 aliphatic heterocycles. The number of benzene rings is 1. The van der Waals surface area contributed by atoms with Gasteiger partial charge in [0.2, 0.25) is 5.91 Å². The predicted octanol–water partition coefficient (Wildman–Crippen LogP) is 1.75. The summed E-state index contributed by atoms with van der Waals surface area (Å²) in [4.78, 5) is 13.7. The van der Waals surface area contributed by atoms with E-state index in [0.717, 1.165) is 44.1 Å². The fourth-order valence-corrected chi connectivity index (χ4v) is 2.10. The van der Waals surface area contributed by atoms with E-state index in [1.165, 1.54) is 0 Å². The number of likely N-dealkylation sites (tertiary alicyclic amines) is 1. The van der Waals surface area contributed by atoms with E-state index in [9.17, 15) is 13.6 Å². The molecular weight excluding hydrogens is 288 g/mol. The lowest BCUT2D eigenvalue weighted by atomic mass is 10.1. The van der Waals surface area contributed by atoms with Gasteiger partial charge in [-0.2, -0.15) is 0 Å². The first-order valence-corrected chi connectivity index (χ1v) is 6.27. The Kier molecular flexibility index (Phi) is 6.32. The number of hydrogen-bond donors (Lipinski definition) is 2. The zero-order valence-corrected chi connectivity index (χ0v) is 11.8. The normalized spacial score (nSPS) is 16.6. The Hall–Kier alpha value is -1.24. The molecule has 1 aliphatic rings. The van der Waals surface area contributed by atoms with Crippen molar-refractivity contribution < 1.29 is 13.6 Å². The first-order valence-electron chi connectivity index (χ1n) is 6.27. The van der Waals surface area contributed by atoms with E-state index in [1.807, 2.05) is 4.90 Å². The molecule has 1 aromatic carbocycles. The highest BCUT2D eigenvalue weighted by atomic mass is 35.5. The molecule has 0 bridgehead atoms. The molecule has 1 amide bonds. The number of hydrogen-bond acceptors (Lipinski definition) is 3. The van der Waals surface area contributed by atoms with Gasteiger partial charge in [0.05, 0.1) is 12.2 Å². The van der Waals surface area contributed by atoms with Gasteiger partial charge in [-0.15, -0.1) is 12.4 Å². The molecule has 20 heavy (non-hydrogen) atoms. The molecule has 2 rings (SSSR count). The van der Waals surface area contributed by atoms with Crippen LogP contribution >= 0.6 is 12.4 Å². The van der Waals surface area contributed by atoms with E-state index >= 15 is 0 Å². The number of carbonyl (C=O) groups is 1. The maximum Gasteiger partial charge on any atom is 0.238 e. The summed E-state index contributed by atoms with van der Waals surface area (Å²) in [6, 6.07) is 3.17. The molecule has 4 nitrogen and oxygen atoms in total. The lowest BCUT2D eigenvalue weighted by Crippen LogP contribution is -2.43. The molecule has 1 aromatic rings. The molecule has 112 valence electrons. The van der Waals surface area contributed by atoms with Crippen molar-refractivity contribution in [1.29, 1.82) is 0 Å². The molecule has 3 N–H and O–H groups in total. The molecule has 0 aliphatic carbocycles. The highest BCUT2D eigenvalue weighted by Gasteiger charge is 2.18. The van der Waals surface area contributed by atoms with Gasteiger partial charge in [0, 0.05) is 25.2 Å². The minimum absolute atomic E-state index is 0. The zero-order valence-electron chi connectivity index (χ0n) is 10.9. The summed E-state index contributed by atoms with van der Waals surface area (Å²) in [5.41, 5.74) is 5.64. The molecule has 1 fully saturated rings. The highest BCUT2D eigenvalue weighted by Crippen LogP contribution is 2.15. The van der Waals surface area contributed by atoms with Crippen LogP contribution in [0.15, 0.2) is 18.2 Å². The van der Waals surface area contributed by atoms with Gasteiger partial charge in [-0.25, -0.2) is 8.78 Å². The van der Waals surface area contributed by atoms with Crippen molar-refractivity contribution in [2.24, 2.45) is 5.73 Å². The SMILES string of the molecule is Cl.NC1CCN(CC(=O)Nc2cc(F)ccc2F)CC1. The van der Waals surface area contributed by atoms with Gasteiger partial charge in [0.25, 0.3) is 0 Å². The fourth-order valence-electron chi connectivity index (χ4n) is 2.10. The quantitative estimate of drug-likeness (QED) is 0.894. The second-order valence-corrected chi connectivity index (χ2v) is 4.79. The lowest BCUT2D eigenvalue weighted by molar-refractivity contribution is -0.117. The number of nitrogens with two attached hydrogens (primary N) is 1. The summed E-state index contributed by atoms with van der Waals surface area (Å²) < 4.78 is 26.3. The van der Waals surface area contributed by atoms with Crippen LogP contribution in [0.2, 0.25) is 0 Å². The molecule has 0 spiro atoms. The van der Waals surface area contributed by atoms with Crippen LogP contribution in [0.3, 0.4) is 0 Å². The summed E-state index contributed by atoms with van der Waals surface area (Å²) in [5, 5.41) is 2.38. The largest absolute Gasteiger partial charge is 0.328 e. The van der Waals surface area contributed by atoms with E-state index in [2.05, 4.69) is 5.32 Å². The molecule has 0 unspecified atom stereocenters. The number of amides is 1. The first kappa shape index (κ1) is 16.8. The first-order chi connectivity index (χ1) is 9.04. The molecular formula is C13H18ClF2N3O. The Bertz CT molecular complexity index is 465. The average molecular weight is 306 g/mol. The molecule has 1 heterocycles. The predicted molar refractivity (Wildman–Crippen MR) is 75.9 cm³/mol. The molecule has 0 atom stereocenters. The second-order valence-electron chi connectivity index (χ2n) is 4.79. The maximum absolute atomic E-state index is 13.3. The number of piperidine rings is 1. The lowest BCUT2D eigenvalue weighted by Gasteiger charge is -2.29. The van der Waals surface area contributed by atoms with Crippen LogP contribution in [-0.2, 0) is 4.79 Å². The van der Waals surface area contributed by atoms with Crippen molar-refractivity contribution in [1.82, 2.24) is 4.90 Å². The topological polar surface area (TPSA) is 58.4 Å². The van der Waals surface area contributed by atoms with Crippen molar-refractivity contribution in [3.8, 4) is 0 Å². The summed E-state index contributed by atoms with van der Waals surface area (Å²) in [6.07, 6.45) is 1.70. The average Bonchev–Trinajstić information content (AvgIpc) is 2.37. The van der Waals surface area contributed by atoms with Crippen LogP contribution in [0.4, 0.5) is 14.5 Å². The van der Waals surface area contributed by atoms with Crippen molar-refractivity contribution >= 4 is 24.0 Å². The van der Waals surface area contributed by atoms with Gasteiger partial charge in [0.15, 0.2) is 0 Å². The molecule has 7 heteroatoms. The van der Waals surface area contributed by atoms with Gasteiger partial charge in [-0.05, 0) is 25.0 Å². The summed E-state index contributed by atoms with van der Waals surface area (Å²) >= 11 is 0. The van der Waals surface area contributed by atoms with Crippen LogP contribution < -0.4 is 11.1 Å². The monoisotopic (exact) mass is 305 g/mol. The van der Waals surface area contributed by atoms with E-state index in [-0.39, 0.29) is 36.6 Å². The van der Waals surface area contributed by atoms with E-state index in [1.54, 1.807) is 0 Å². The summed E-state index contributed by atoms with van der Waals surface area (Å²) in [6.45, 7) is 1.67. The fraction of sp³-hybridized carbons (Fsp3) is 0.462. The second kappa shape index (κ2) is 7.52. The Balaban J connectivity index is 0.00000200. The van der Waals surface area contributed by atoms with Crippen molar-refractivity contribution in [2.45, 2.75) is 18.9 Å². The number of anilines is 1. The third-order valence-corrected chi connectivity index (χ3v) is 3.20. The van der Waals surface area contributed by atoms with Gasteiger partial charge < -0.3 is 11.1 Å². The van der Waals surface area contributed by atoms with Gasteiger partial charge in [0.1, 0.15) is 11.6 Å². The number of nitrogens with one attached hydrogen (secondary N) is 1. The van der Waals surface area contributed by atoms with Gasteiger partial charge >= 0.3 is 0 Å². The smallest absolute Gasteiger partial charge is 0.238 e. The van der Waals surface area contributed by atoms with E-state index in [0.29, 0.717) is 0 Å². The molecule has 1 saturated heterocycles. The Labute approximate surface area is 122 Å². The molecule has 0 radical (unpaired) electrons. The third kappa shape index (κ3) is 4.70. The van der Waals surface area contributed by atoms with Crippen LogP contribution in [0, 0.1) is 11.6 Å².